The van der Waals surface area contributed by atoms with Gasteiger partial charge in [0.05, 0.1) is 0 Å². The van der Waals surface area contributed by atoms with Crippen LogP contribution in [-0.2, 0) is 0 Å². The molecular formula is C13H27NSSi. The van der Waals surface area contributed by atoms with Crippen molar-refractivity contribution in [1.82, 2.24) is 0 Å². The Morgan fingerprint density at radius 2 is 1.94 bits per heavy atom. The average molecular weight is 258 g/mol. The van der Waals surface area contributed by atoms with E-state index in [4.69, 9.17) is 0 Å². The van der Waals surface area contributed by atoms with Gasteiger partial charge in [-0.15, -0.1) is 11.8 Å². The first-order chi connectivity index (χ1) is 7.49. The molecule has 16 heavy (non-hydrogen) atoms. The average Bonchev–Trinajstić information content (AvgIpc) is 2.19. The molecule has 3 heteroatoms. The molecule has 94 valence electrons. The lowest BCUT2D eigenvalue weighted by molar-refractivity contribution is 0.967. The van der Waals surface area contributed by atoms with Gasteiger partial charge in [0.15, 0.2) is 0 Å². The first-order valence-corrected chi connectivity index (χ1v) is 11.1. The van der Waals surface area contributed by atoms with Crippen LogP contribution in [0.15, 0.2) is 16.0 Å². The van der Waals surface area contributed by atoms with Gasteiger partial charge in [0, 0.05) is 14.6 Å². The molecule has 0 aliphatic rings. The largest absolute Gasteiger partial charge is 0.297 e. The molecule has 0 rings (SSSR count). The molecule has 0 spiro atoms. The quantitative estimate of drug-likeness (QED) is 0.344. The van der Waals surface area contributed by atoms with Crippen LogP contribution in [0.5, 0.6) is 0 Å². The minimum Gasteiger partial charge on any atom is -0.297 e. The molecule has 0 saturated heterocycles. The standard InChI is InChI=1S/C13H27NSSi/c1-6-7-10-14-11-8-9-13(15-2)12-16(3,4)5/h9-10H,6-8,11-12H2,1-5H3/b13-9+,14-10?. The highest BCUT2D eigenvalue weighted by Crippen LogP contribution is 2.24. The van der Waals surface area contributed by atoms with Crippen molar-refractivity contribution < 1.29 is 0 Å². The van der Waals surface area contributed by atoms with Crippen LogP contribution < -0.4 is 0 Å². The fraction of sp³-hybridized carbons (Fsp3) is 0.769. The minimum absolute atomic E-state index is 0.950. The number of aliphatic imine (C=N–C) groups is 1. The van der Waals surface area contributed by atoms with Crippen molar-refractivity contribution in [3.63, 3.8) is 0 Å². The number of unbranched alkanes of at least 4 members (excludes halogenated alkanes) is 1. The smallest absolute Gasteiger partial charge is 0.0493 e. The van der Waals surface area contributed by atoms with E-state index < -0.39 is 8.07 Å². The molecule has 0 radical (unpaired) electrons. The molecule has 0 N–H and O–H groups in total. The number of hydrogen-bond donors (Lipinski definition) is 0. The van der Waals surface area contributed by atoms with Gasteiger partial charge in [0.1, 0.15) is 0 Å². The van der Waals surface area contributed by atoms with Crippen LogP contribution in [0.3, 0.4) is 0 Å². The van der Waals surface area contributed by atoms with Gasteiger partial charge >= 0.3 is 0 Å². The van der Waals surface area contributed by atoms with Crippen LogP contribution in [0.2, 0.25) is 25.7 Å². The number of allylic oxidation sites excluding steroid dienone is 1. The molecule has 1 nitrogen and oxygen atoms in total. The highest BCUT2D eigenvalue weighted by atomic mass is 32.2. The number of thioether (sulfide) groups is 1. The highest BCUT2D eigenvalue weighted by molar-refractivity contribution is 8.02. The van der Waals surface area contributed by atoms with E-state index in [2.05, 4.69) is 50.1 Å². The Balaban J connectivity index is 3.89. The van der Waals surface area contributed by atoms with Crippen LogP contribution in [0.25, 0.3) is 0 Å². The second-order valence-electron chi connectivity index (χ2n) is 5.28. The van der Waals surface area contributed by atoms with Crippen LogP contribution in [-0.4, -0.2) is 27.1 Å². The van der Waals surface area contributed by atoms with Crippen LogP contribution in [0.1, 0.15) is 26.2 Å². The molecule has 0 unspecified atom stereocenters. The van der Waals surface area contributed by atoms with Crippen LogP contribution in [0.4, 0.5) is 0 Å². The van der Waals surface area contributed by atoms with Crippen molar-refractivity contribution in [2.45, 2.75) is 51.9 Å². The zero-order chi connectivity index (χ0) is 12.4. The molecule has 0 aromatic rings. The molecule has 0 amide bonds. The Kier molecular flexibility index (Phi) is 9.04. The molecule has 0 aromatic heterocycles. The predicted octanol–water partition coefficient (Wildman–Crippen LogP) is 4.83. The first-order valence-electron chi connectivity index (χ1n) is 6.21. The Hall–Kier alpha value is -0.0231. The zero-order valence-electron chi connectivity index (χ0n) is 11.5. The summed E-state index contributed by atoms with van der Waals surface area (Å²) in [4.78, 5) is 5.96. The molecule has 0 saturated carbocycles. The lowest BCUT2D eigenvalue weighted by Gasteiger charge is -2.16. The Morgan fingerprint density at radius 1 is 1.25 bits per heavy atom. The van der Waals surface area contributed by atoms with Crippen LogP contribution >= 0.6 is 11.8 Å². The van der Waals surface area contributed by atoms with Gasteiger partial charge in [-0.2, -0.15) is 0 Å². The SMILES string of the molecule is CCCC=NCC/C=C(\C[Si](C)(C)C)SC. The third-order valence-corrected chi connectivity index (χ3v) is 4.68. The van der Waals surface area contributed by atoms with E-state index in [1.165, 1.54) is 12.5 Å². The number of hydrogen-bond acceptors (Lipinski definition) is 2. The monoisotopic (exact) mass is 257 g/mol. The summed E-state index contributed by atoms with van der Waals surface area (Å²) in [6.45, 7) is 10.4. The summed E-state index contributed by atoms with van der Waals surface area (Å²) in [6, 6.07) is 1.31. The summed E-state index contributed by atoms with van der Waals surface area (Å²) >= 11 is 1.91. The second-order valence-corrected chi connectivity index (χ2v) is 11.7. The van der Waals surface area contributed by atoms with E-state index in [0.717, 1.165) is 19.4 Å². The van der Waals surface area contributed by atoms with Gasteiger partial charge in [-0.05, 0) is 36.3 Å². The summed E-state index contributed by atoms with van der Waals surface area (Å²) in [5.41, 5.74) is 0. The van der Waals surface area contributed by atoms with E-state index in [1.807, 2.05) is 11.8 Å². The van der Waals surface area contributed by atoms with Gasteiger partial charge in [0.25, 0.3) is 0 Å². The fourth-order valence-corrected chi connectivity index (χ4v) is 4.71. The summed E-state index contributed by atoms with van der Waals surface area (Å²) < 4.78 is 0. The lowest BCUT2D eigenvalue weighted by atomic mass is 10.3. The topological polar surface area (TPSA) is 12.4 Å². The van der Waals surface area contributed by atoms with Gasteiger partial charge in [0.2, 0.25) is 0 Å². The fourth-order valence-electron chi connectivity index (χ4n) is 1.36. The Morgan fingerprint density at radius 3 is 2.44 bits per heavy atom. The molecule has 0 heterocycles. The summed E-state index contributed by atoms with van der Waals surface area (Å²) in [5.74, 6) is 0. The second kappa shape index (κ2) is 9.05. The third kappa shape index (κ3) is 10.5. The Bertz CT molecular complexity index is 229. The van der Waals surface area contributed by atoms with Crippen molar-refractivity contribution in [2.24, 2.45) is 4.99 Å². The van der Waals surface area contributed by atoms with Crippen molar-refractivity contribution in [3.05, 3.63) is 11.0 Å². The van der Waals surface area contributed by atoms with E-state index in [9.17, 15) is 0 Å². The first kappa shape index (κ1) is 16.0. The zero-order valence-corrected chi connectivity index (χ0v) is 13.4. The normalized spacial score (nSPS) is 13.7. The highest BCUT2D eigenvalue weighted by Gasteiger charge is 2.14. The van der Waals surface area contributed by atoms with Crippen molar-refractivity contribution >= 4 is 26.1 Å². The maximum absolute atomic E-state index is 4.40. The molecule has 0 bridgehead atoms. The van der Waals surface area contributed by atoms with Gasteiger partial charge in [-0.1, -0.05) is 39.1 Å². The molecule has 0 atom stereocenters. The van der Waals surface area contributed by atoms with Gasteiger partial charge in [-0.3, -0.25) is 4.99 Å². The van der Waals surface area contributed by atoms with Crippen LogP contribution in [0, 0.1) is 0 Å². The summed E-state index contributed by atoms with van der Waals surface area (Å²) in [5, 5.41) is 0. The maximum Gasteiger partial charge on any atom is 0.0493 e. The number of nitrogens with zero attached hydrogens (tertiary/aromatic N) is 1. The summed E-state index contributed by atoms with van der Waals surface area (Å²) in [7, 11) is -0.950. The lowest BCUT2D eigenvalue weighted by Crippen LogP contribution is -2.19. The van der Waals surface area contributed by atoms with E-state index in [1.54, 1.807) is 4.91 Å². The third-order valence-electron chi connectivity index (χ3n) is 2.14. The summed E-state index contributed by atoms with van der Waals surface area (Å²) in [6.07, 6.45) is 10.0. The van der Waals surface area contributed by atoms with Crippen molar-refractivity contribution in [3.8, 4) is 0 Å². The molecule has 0 aliphatic heterocycles. The van der Waals surface area contributed by atoms with E-state index >= 15 is 0 Å². The molecular weight excluding hydrogens is 230 g/mol. The molecule has 0 fully saturated rings. The minimum atomic E-state index is -0.950. The van der Waals surface area contributed by atoms with Crippen molar-refractivity contribution in [2.75, 3.05) is 12.8 Å². The van der Waals surface area contributed by atoms with E-state index in [-0.39, 0.29) is 0 Å². The number of rotatable bonds is 8. The van der Waals surface area contributed by atoms with Gasteiger partial charge in [-0.25, -0.2) is 0 Å². The molecule has 0 aromatic carbocycles. The molecule has 0 aliphatic carbocycles. The maximum atomic E-state index is 4.40. The van der Waals surface area contributed by atoms with Gasteiger partial charge < -0.3 is 0 Å². The predicted molar refractivity (Wildman–Crippen MR) is 82.6 cm³/mol. The van der Waals surface area contributed by atoms with E-state index in [0.29, 0.717) is 0 Å². The Labute approximate surface area is 107 Å². The van der Waals surface area contributed by atoms with Crippen molar-refractivity contribution in [1.29, 1.82) is 0 Å².